The Morgan fingerprint density at radius 1 is 1.09 bits per heavy atom. The summed E-state index contributed by atoms with van der Waals surface area (Å²) >= 11 is 8.01. The molecule has 35 heavy (non-hydrogen) atoms. The predicted molar refractivity (Wildman–Crippen MR) is 146 cm³/mol. The molecule has 0 spiro atoms. The van der Waals surface area contributed by atoms with E-state index in [9.17, 15) is 4.79 Å². The second-order valence-corrected chi connectivity index (χ2v) is 12.1. The minimum Gasteiger partial charge on any atom is -0.346 e. The molecule has 0 bridgehead atoms. The fourth-order valence-electron chi connectivity index (χ4n) is 4.42. The van der Waals surface area contributed by atoms with E-state index >= 15 is 0 Å². The minimum absolute atomic E-state index is 0.0285. The van der Waals surface area contributed by atoms with E-state index in [0.29, 0.717) is 23.2 Å². The van der Waals surface area contributed by atoms with E-state index in [4.69, 9.17) is 11.6 Å². The number of rotatable bonds is 9. The number of carbonyl (C=O) groups excluding carboxylic acids is 1. The minimum atomic E-state index is -0.303. The van der Waals surface area contributed by atoms with Crippen molar-refractivity contribution in [1.29, 1.82) is 0 Å². The highest BCUT2D eigenvalue weighted by atomic mass is 35.5. The van der Waals surface area contributed by atoms with Crippen LogP contribution in [0.25, 0.3) is 5.69 Å². The average Bonchev–Trinajstić information content (AvgIpc) is 3.17. The Kier molecular flexibility index (Phi) is 9.05. The number of hydrogen-bond acceptors (Lipinski definition) is 4. The van der Waals surface area contributed by atoms with Crippen LogP contribution in [0.15, 0.2) is 47.6 Å². The first-order chi connectivity index (χ1) is 16.4. The lowest BCUT2D eigenvalue weighted by Gasteiger charge is -2.23. The van der Waals surface area contributed by atoms with Crippen molar-refractivity contribution >= 4 is 29.3 Å². The summed E-state index contributed by atoms with van der Waals surface area (Å²) in [5.41, 5.74) is 4.68. The standard InChI is InChI=1S/C28H37ClN4OS/c1-18(16-28(5,6)7)14-25(34)30-21(4)26-31-32-27(35-17-22-11-9-8-10-19(22)2)33(26)24-15-23(29)13-12-20(24)3/h8-13,15,18,21H,14,16-17H2,1-7H3,(H,30,34). The molecular formula is C28H37ClN4OS. The number of halogens is 1. The van der Waals surface area contributed by atoms with Gasteiger partial charge in [0.15, 0.2) is 11.0 Å². The van der Waals surface area contributed by atoms with Crippen molar-refractivity contribution in [3.63, 3.8) is 0 Å². The Hall–Kier alpha value is -2.31. The number of amides is 1. The van der Waals surface area contributed by atoms with Crippen LogP contribution < -0.4 is 5.32 Å². The summed E-state index contributed by atoms with van der Waals surface area (Å²) in [5, 5.41) is 13.6. The number of benzene rings is 2. The van der Waals surface area contributed by atoms with Gasteiger partial charge in [-0.05, 0) is 67.3 Å². The fraction of sp³-hybridized carbons (Fsp3) is 0.464. The second kappa shape index (κ2) is 11.6. The van der Waals surface area contributed by atoms with Crippen LogP contribution in [0.2, 0.25) is 5.02 Å². The van der Waals surface area contributed by atoms with E-state index in [1.54, 1.807) is 11.8 Å². The SMILES string of the molecule is Cc1ccccc1CSc1nnc(C(C)NC(=O)CC(C)CC(C)(C)C)n1-c1cc(Cl)ccc1C. The van der Waals surface area contributed by atoms with E-state index in [2.05, 4.69) is 68.3 Å². The Balaban J connectivity index is 1.87. The molecule has 5 nitrogen and oxygen atoms in total. The number of thioether (sulfide) groups is 1. The van der Waals surface area contributed by atoms with Crippen LogP contribution in [0.5, 0.6) is 0 Å². The van der Waals surface area contributed by atoms with Gasteiger partial charge in [0.2, 0.25) is 5.91 Å². The average molecular weight is 513 g/mol. The van der Waals surface area contributed by atoms with Crippen molar-refractivity contribution in [2.24, 2.45) is 11.3 Å². The second-order valence-electron chi connectivity index (χ2n) is 10.7. The zero-order valence-corrected chi connectivity index (χ0v) is 23.4. The molecule has 0 radical (unpaired) electrons. The molecule has 7 heteroatoms. The van der Waals surface area contributed by atoms with E-state index in [1.807, 2.05) is 42.7 Å². The lowest BCUT2D eigenvalue weighted by molar-refractivity contribution is -0.122. The largest absolute Gasteiger partial charge is 0.346 e. The molecule has 1 amide bonds. The Bertz CT molecular complexity index is 1170. The summed E-state index contributed by atoms with van der Waals surface area (Å²) in [7, 11) is 0. The number of aromatic nitrogens is 3. The number of nitrogens with zero attached hydrogens (tertiary/aromatic N) is 3. The van der Waals surface area contributed by atoms with Gasteiger partial charge in [0.05, 0.1) is 11.7 Å². The summed E-state index contributed by atoms with van der Waals surface area (Å²) in [6, 6.07) is 13.9. The first kappa shape index (κ1) is 27.3. The number of nitrogens with one attached hydrogen (secondary N) is 1. The highest BCUT2D eigenvalue weighted by Crippen LogP contribution is 2.31. The normalized spacial score (nSPS) is 13.5. The quantitative estimate of drug-likeness (QED) is 0.302. The molecule has 1 N–H and O–H groups in total. The molecule has 0 aliphatic rings. The van der Waals surface area contributed by atoms with Crippen molar-refractivity contribution in [1.82, 2.24) is 20.1 Å². The van der Waals surface area contributed by atoms with Gasteiger partial charge in [-0.3, -0.25) is 9.36 Å². The van der Waals surface area contributed by atoms with Gasteiger partial charge < -0.3 is 5.32 Å². The molecular weight excluding hydrogens is 476 g/mol. The molecule has 0 aliphatic carbocycles. The van der Waals surface area contributed by atoms with Gasteiger partial charge in [0.25, 0.3) is 0 Å². The smallest absolute Gasteiger partial charge is 0.220 e. The molecule has 1 aromatic heterocycles. The van der Waals surface area contributed by atoms with Gasteiger partial charge in [-0.15, -0.1) is 10.2 Å². The maximum absolute atomic E-state index is 12.9. The van der Waals surface area contributed by atoms with Gasteiger partial charge in [0, 0.05) is 17.2 Å². The molecule has 0 saturated heterocycles. The van der Waals surface area contributed by atoms with Crippen LogP contribution in [0.1, 0.15) is 76.0 Å². The van der Waals surface area contributed by atoms with Crippen LogP contribution in [-0.2, 0) is 10.5 Å². The highest BCUT2D eigenvalue weighted by molar-refractivity contribution is 7.98. The number of hydrogen-bond donors (Lipinski definition) is 1. The van der Waals surface area contributed by atoms with Crippen LogP contribution in [0.4, 0.5) is 0 Å². The van der Waals surface area contributed by atoms with Gasteiger partial charge in [-0.2, -0.15) is 0 Å². The van der Waals surface area contributed by atoms with Crippen LogP contribution in [0.3, 0.4) is 0 Å². The molecule has 2 unspecified atom stereocenters. The monoisotopic (exact) mass is 512 g/mol. The molecule has 2 aromatic carbocycles. The van der Waals surface area contributed by atoms with E-state index in [0.717, 1.165) is 28.6 Å². The fourth-order valence-corrected chi connectivity index (χ4v) is 5.61. The summed E-state index contributed by atoms with van der Waals surface area (Å²) in [4.78, 5) is 12.9. The molecule has 2 atom stereocenters. The van der Waals surface area contributed by atoms with E-state index in [-0.39, 0.29) is 17.4 Å². The van der Waals surface area contributed by atoms with E-state index in [1.165, 1.54) is 11.1 Å². The lowest BCUT2D eigenvalue weighted by atomic mass is 9.84. The topological polar surface area (TPSA) is 59.8 Å². The summed E-state index contributed by atoms with van der Waals surface area (Å²) in [6.45, 7) is 14.9. The Morgan fingerprint density at radius 3 is 2.49 bits per heavy atom. The van der Waals surface area contributed by atoms with Crippen molar-refractivity contribution < 1.29 is 4.79 Å². The maximum atomic E-state index is 12.9. The van der Waals surface area contributed by atoms with Gasteiger partial charge in [0.1, 0.15) is 0 Å². The van der Waals surface area contributed by atoms with Crippen molar-refractivity contribution in [3.05, 3.63) is 70.0 Å². The third-order valence-electron chi connectivity index (χ3n) is 5.95. The van der Waals surface area contributed by atoms with Gasteiger partial charge >= 0.3 is 0 Å². The molecule has 3 rings (SSSR count). The molecule has 1 heterocycles. The summed E-state index contributed by atoms with van der Waals surface area (Å²) in [5.74, 6) is 1.80. The zero-order valence-electron chi connectivity index (χ0n) is 21.9. The van der Waals surface area contributed by atoms with Crippen LogP contribution >= 0.6 is 23.4 Å². The van der Waals surface area contributed by atoms with Crippen molar-refractivity contribution in [3.8, 4) is 5.69 Å². The van der Waals surface area contributed by atoms with Crippen molar-refractivity contribution in [2.45, 2.75) is 78.3 Å². The summed E-state index contributed by atoms with van der Waals surface area (Å²) in [6.07, 6.45) is 1.48. The number of aryl methyl sites for hydroxylation is 2. The predicted octanol–water partition coefficient (Wildman–Crippen LogP) is 7.47. The third-order valence-corrected chi connectivity index (χ3v) is 7.16. The molecule has 0 aliphatic heterocycles. The lowest BCUT2D eigenvalue weighted by Crippen LogP contribution is -2.30. The summed E-state index contributed by atoms with van der Waals surface area (Å²) < 4.78 is 2.04. The first-order valence-corrected chi connectivity index (χ1v) is 13.5. The molecule has 3 aromatic rings. The molecule has 188 valence electrons. The molecule has 0 saturated carbocycles. The van der Waals surface area contributed by atoms with Crippen LogP contribution in [-0.4, -0.2) is 20.7 Å². The first-order valence-electron chi connectivity index (χ1n) is 12.1. The van der Waals surface area contributed by atoms with Crippen LogP contribution in [0, 0.1) is 25.2 Å². The zero-order chi connectivity index (χ0) is 25.8. The van der Waals surface area contributed by atoms with Gasteiger partial charge in [-0.25, -0.2) is 0 Å². The third kappa shape index (κ3) is 7.58. The molecule has 0 fully saturated rings. The highest BCUT2D eigenvalue weighted by Gasteiger charge is 2.24. The Labute approximate surface area is 219 Å². The number of carbonyl (C=O) groups is 1. The van der Waals surface area contributed by atoms with Gasteiger partial charge in [-0.1, -0.05) is 81.4 Å². The Morgan fingerprint density at radius 2 is 1.80 bits per heavy atom. The van der Waals surface area contributed by atoms with E-state index < -0.39 is 0 Å². The maximum Gasteiger partial charge on any atom is 0.220 e. The van der Waals surface area contributed by atoms with Crippen molar-refractivity contribution in [2.75, 3.05) is 0 Å².